The predicted molar refractivity (Wildman–Crippen MR) is 138 cm³/mol. The van der Waals surface area contributed by atoms with Crippen molar-refractivity contribution in [2.75, 3.05) is 37.6 Å². The van der Waals surface area contributed by atoms with Crippen molar-refractivity contribution in [3.63, 3.8) is 0 Å². The molecule has 0 spiro atoms. The molecule has 6 heteroatoms. The number of anilines is 1. The van der Waals surface area contributed by atoms with Crippen LogP contribution in [-0.2, 0) is 13.1 Å². The lowest BCUT2D eigenvalue weighted by atomic mass is 10.1. The number of nitrogens with zero attached hydrogens (tertiary/aromatic N) is 5. The molecular formula is C28H38FN5. The van der Waals surface area contributed by atoms with Crippen LogP contribution in [0.1, 0.15) is 43.2 Å². The summed E-state index contributed by atoms with van der Waals surface area (Å²) in [5.41, 5.74) is 5.62. The van der Waals surface area contributed by atoms with Crippen molar-refractivity contribution in [3.8, 4) is 5.69 Å². The summed E-state index contributed by atoms with van der Waals surface area (Å²) in [5, 5.41) is 4.94. The Morgan fingerprint density at radius 3 is 2.35 bits per heavy atom. The van der Waals surface area contributed by atoms with Crippen molar-refractivity contribution in [1.82, 2.24) is 19.6 Å². The Morgan fingerprint density at radius 1 is 0.971 bits per heavy atom. The van der Waals surface area contributed by atoms with Gasteiger partial charge < -0.3 is 9.80 Å². The minimum atomic E-state index is -0.239. The van der Waals surface area contributed by atoms with E-state index in [0.717, 1.165) is 63.0 Å². The van der Waals surface area contributed by atoms with Gasteiger partial charge in [-0.25, -0.2) is 9.07 Å². The van der Waals surface area contributed by atoms with Crippen molar-refractivity contribution in [2.24, 2.45) is 0 Å². The van der Waals surface area contributed by atoms with Gasteiger partial charge in [-0.05, 0) is 58.0 Å². The van der Waals surface area contributed by atoms with Gasteiger partial charge in [-0.15, -0.1) is 0 Å². The number of hydrogen-bond acceptors (Lipinski definition) is 4. The maximum absolute atomic E-state index is 14.2. The lowest BCUT2D eigenvalue weighted by molar-refractivity contribution is 0.203. The van der Waals surface area contributed by atoms with E-state index in [1.54, 1.807) is 12.1 Å². The number of hydrogen-bond donors (Lipinski definition) is 0. The van der Waals surface area contributed by atoms with Crippen LogP contribution in [0.25, 0.3) is 5.69 Å². The van der Waals surface area contributed by atoms with Crippen molar-refractivity contribution in [2.45, 2.75) is 53.8 Å². The molecule has 0 unspecified atom stereocenters. The molecule has 3 aromatic rings. The van der Waals surface area contributed by atoms with E-state index < -0.39 is 0 Å². The fourth-order valence-electron chi connectivity index (χ4n) is 4.79. The molecule has 4 rings (SSSR count). The highest BCUT2D eigenvalue weighted by Crippen LogP contribution is 2.31. The highest BCUT2D eigenvalue weighted by Gasteiger charge is 2.27. The molecule has 1 saturated heterocycles. The van der Waals surface area contributed by atoms with Crippen LogP contribution in [0, 0.1) is 19.7 Å². The molecular weight excluding hydrogens is 425 g/mol. The molecule has 1 aliphatic rings. The SMILES string of the molecule is CCN1CCN(c2c(CN(Cc3cccc(C)c3)C(C)C)c(C)nn2-c2cccc(F)c2)CC1. The Labute approximate surface area is 203 Å². The van der Waals surface area contributed by atoms with Crippen molar-refractivity contribution in [3.05, 3.63) is 76.7 Å². The average molecular weight is 464 g/mol. The Morgan fingerprint density at radius 2 is 1.71 bits per heavy atom. The first-order chi connectivity index (χ1) is 16.4. The average Bonchev–Trinajstić information content (AvgIpc) is 3.14. The summed E-state index contributed by atoms with van der Waals surface area (Å²) in [5.74, 6) is 0.867. The minimum absolute atomic E-state index is 0.239. The van der Waals surface area contributed by atoms with E-state index in [0.29, 0.717) is 6.04 Å². The van der Waals surface area contributed by atoms with Gasteiger partial charge >= 0.3 is 0 Å². The Hall–Kier alpha value is -2.70. The lowest BCUT2D eigenvalue weighted by Gasteiger charge is -2.36. The summed E-state index contributed by atoms with van der Waals surface area (Å²) in [6, 6.07) is 15.9. The van der Waals surface area contributed by atoms with Gasteiger partial charge in [0, 0.05) is 50.9 Å². The van der Waals surface area contributed by atoms with Gasteiger partial charge in [0.05, 0.1) is 11.4 Å². The zero-order chi connectivity index (χ0) is 24.2. The summed E-state index contributed by atoms with van der Waals surface area (Å²) >= 11 is 0. The van der Waals surface area contributed by atoms with Crippen LogP contribution in [0.15, 0.2) is 48.5 Å². The third-order valence-corrected chi connectivity index (χ3v) is 6.89. The molecule has 0 saturated carbocycles. The molecule has 5 nitrogen and oxygen atoms in total. The van der Waals surface area contributed by atoms with E-state index in [1.165, 1.54) is 22.8 Å². The number of aryl methyl sites for hydroxylation is 2. The van der Waals surface area contributed by atoms with Gasteiger partial charge in [0.25, 0.3) is 0 Å². The quantitative estimate of drug-likeness (QED) is 0.460. The van der Waals surface area contributed by atoms with Crippen LogP contribution in [0.3, 0.4) is 0 Å². The summed E-state index contributed by atoms with van der Waals surface area (Å²) in [7, 11) is 0. The minimum Gasteiger partial charge on any atom is -0.354 e. The molecule has 1 aliphatic heterocycles. The summed E-state index contributed by atoms with van der Waals surface area (Å²) in [6.07, 6.45) is 0. The van der Waals surface area contributed by atoms with Crippen LogP contribution in [0.4, 0.5) is 10.2 Å². The Balaban J connectivity index is 1.71. The van der Waals surface area contributed by atoms with Gasteiger partial charge in [-0.2, -0.15) is 5.10 Å². The number of benzene rings is 2. The molecule has 0 atom stereocenters. The van der Waals surface area contributed by atoms with Crippen LogP contribution in [0.2, 0.25) is 0 Å². The third kappa shape index (κ3) is 5.50. The fourth-order valence-corrected chi connectivity index (χ4v) is 4.79. The second-order valence-electron chi connectivity index (χ2n) is 9.69. The first-order valence-electron chi connectivity index (χ1n) is 12.5. The number of rotatable bonds is 8. The van der Waals surface area contributed by atoms with Gasteiger partial charge in [0.2, 0.25) is 0 Å². The number of halogens is 1. The molecule has 2 heterocycles. The van der Waals surface area contributed by atoms with E-state index in [1.807, 2.05) is 10.7 Å². The zero-order valence-corrected chi connectivity index (χ0v) is 21.3. The highest BCUT2D eigenvalue weighted by atomic mass is 19.1. The fraction of sp³-hybridized carbons (Fsp3) is 0.464. The van der Waals surface area contributed by atoms with Crippen LogP contribution < -0.4 is 4.90 Å². The summed E-state index contributed by atoms with van der Waals surface area (Å²) in [6.45, 7) is 17.6. The van der Waals surface area contributed by atoms with Gasteiger partial charge in [0.15, 0.2) is 0 Å². The van der Waals surface area contributed by atoms with Gasteiger partial charge in [-0.3, -0.25) is 4.90 Å². The second kappa shape index (κ2) is 10.7. The lowest BCUT2D eigenvalue weighted by Crippen LogP contribution is -2.47. The molecule has 2 aromatic carbocycles. The largest absolute Gasteiger partial charge is 0.354 e. The number of piperazine rings is 1. The number of likely N-dealkylation sites (N-methyl/N-ethyl adjacent to an activating group) is 1. The van der Waals surface area contributed by atoms with E-state index in [2.05, 4.69) is 73.6 Å². The monoisotopic (exact) mass is 463 g/mol. The molecule has 0 N–H and O–H groups in total. The van der Waals surface area contributed by atoms with E-state index in [4.69, 9.17) is 5.10 Å². The zero-order valence-electron chi connectivity index (χ0n) is 21.3. The van der Waals surface area contributed by atoms with Crippen LogP contribution in [-0.4, -0.2) is 58.3 Å². The Kier molecular flexibility index (Phi) is 7.69. The van der Waals surface area contributed by atoms with Gasteiger partial charge in [-0.1, -0.05) is 42.8 Å². The molecule has 0 amide bonds. The Bertz CT molecular complexity index is 1100. The molecule has 0 radical (unpaired) electrons. The van der Waals surface area contributed by atoms with E-state index in [-0.39, 0.29) is 5.82 Å². The first kappa shape index (κ1) is 24.4. The number of aromatic nitrogens is 2. The van der Waals surface area contributed by atoms with Crippen LogP contribution >= 0.6 is 0 Å². The molecule has 1 fully saturated rings. The maximum atomic E-state index is 14.2. The highest BCUT2D eigenvalue weighted by molar-refractivity contribution is 5.56. The molecule has 182 valence electrons. The molecule has 34 heavy (non-hydrogen) atoms. The molecule has 0 aliphatic carbocycles. The topological polar surface area (TPSA) is 27.5 Å². The summed E-state index contributed by atoms with van der Waals surface area (Å²) in [4.78, 5) is 7.42. The van der Waals surface area contributed by atoms with E-state index in [9.17, 15) is 4.39 Å². The second-order valence-corrected chi connectivity index (χ2v) is 9.69. The molecule has 1 aromatic heterocycles. The van der Waals surface area contributed by atoms with E-state index >= 15 is 0 Å². The van der Waals surface area contributed by atoms with Crippen molar-refractivity contribution in [1.29, 1.82) is 0 Å². The summed E-state index contributed by atoms with van der Waals surface area (Å²) < 4.78 is 16.1. The maximum Gasteiger partial charge on any atom is 0.137 e. The van der Waals surface area contributed by atoms with Gasteiger partial charge in [0.1, 0.15) is 11.6 Å². The van der Waals surface area contributed by atoms with Crippen molar-refractivity contribution < 1.29 is 4.39 Å². The standard InChI is InChI=1S/C28H38FN5/c1-6-31-13-15-32(16-14-31)28-27(23(5)30-34(28)26-12-8-11-25(29)18-26)20-33(21(2)3)19-24-10-7-9-22(4)17-24/h7-12,17-18,21H,6,13-16,19-20H2,1-5H3. The van der Waals surface area contributed by atoms with Crippen LogP contribution in [0.5, 0.6) is 0 Å². The predicted octanol–water partition coefficient (Wildman–Crippen LogP) is 5.18. The first-order valence-corrected chi connectivity index (χ1v) is 12.5. The normalized spacial score (nSPS) is 15.0. The van der Waals surface area contributed by atoms with Crippen molar-refractivity contribution >= 4 is 5.82 Å². The third-order valence-electron chi connectivity index (χ3n) is 6.89. The molecule has 0 bridgehead atoms. The smallest absolute Gasteiger partial charge is 0.137 e.